The summed E-state index contributed by atoms with van der Waals surface area (Å²) in [5.74, 6) is -1.98. The van der Waals surface area contributed by atoms with Crippen LogP contribution in [0.5, 0.6) is 0 Å². The third kappa shape index (κ3) is 4.16. The highest BCUT2D eigenvalue weighted by Gasteiger charge is 2.59. The molecule has 0 amide bonds. The highest BCUT2D eigenvalue weighted by atomic mass is 32.2. The van der Waals surface area contributed by atoms with Gasteiger partial charge < -0.3 is 4.74 Å². The van der Waals surface area contributed by atoms with Crippen LogP contribution in [0, 0.1) is 0 Å². The number of ketones is 2. The molecule has 2 rings (SSSR count). The van der Waals surface area contributed by atoms with Gasteiger partial charge in [0, 0.05) is 18.2 Å². The van der Waals surface area contributed by atoms with Crippen molar-refractivity contribution in [1.29, 1.82) is 0 Å². The lowest BCUT2D eigenvalue weighted by atomic mass is 9.98. The number of carbonyl (C=O) groups excluding carboxylic acids is 2. The van der Waals surface area contributed by atoms with Crippen LogP contribution in [0.15, 0.2) is 60.7 Å². The fraction of sp³-hybridized carbons (Fsp3) is 0.300. The Hall–Kier alpha value is -2.35. The minimum absolute atomic E-state index is 0.0336. The van der Waals surface area contributed by atoms with E-state index in [1.165, 1.54) is 24.3 Å². The average molecular weight is 390 g/mol. The molecule has 2 aromatic carbocycles. The van der Waals surface area contributed by atoms with E-state index in [2.05, 4.69) is 0 Å². The largest absolute Gasteiger partial charge is 0.348 e. The number of hydrogen-bond donors (Lipinski definition) is 0. The zero-order chi connectivity index (χ0) is 19.9. The van der Waals surface area contributed by atoms with Gasteiger partial charge in [-0.1, -0.05) is 74.0 Å². The van der Waals surface area contributed by atoms with Crippen molar-refractivity contribution in [3.63, 3.8) is 0 Å². The van der Waals surface area contributed by atoms with Crippen LogP contribution in [0.4, 0.5) is 0 Å². The molecule has 2 aromatic rings. The molecule has 0 saturated heterocycles. The second kappa shape index (κ2) is 9.03. The van der Waals surface area contributed by atoms with Crippen molar-refractivity contribution in [3.8, 4) is 0 Å². The number of hydrogen-bond acceptors (Lipinski definition) is 6. The maximum absolute atomic E-state index is 13.2. The first-order valence-corrected chi connectivity index (χ1v) is 9.95. The van der Waals surface area contributed by atoms with Crippen LogP contribution in [-0.2, 0) is 19.0 Å². The predicted molar refractivity (Wildman–Crippen MR) is 101 cm³/mol. The Morgan fingerprint density at radius 1 is 0.889 bits per heavy atom. The first-order chi connectivity index (χ1) is 12.9. The Kier molecular flexibility index (Phi) is 7.01. The normalized spacial score (nSPS) is 11.9. The van der Waals surface area contributed by atoms with Gasteiger partial charge in [0.25, 0.3) is 0 Å². The van der Waals surface area contributed by atoms with Crippen LogP contribution in [0.1, 0.15) is 40.5 Å². The van der Waals surface area contributed by atoms with Crippen LogP contribution >= 0.6 is 0 Å². The molecule has 0 radical (unpaired) electrons. The lowest BCUT2D eigenvalue weighted by Crippen LogP contribution is -2.55. The van der Waals surface area contributed by atoms with Gasteiger partial charge in [-0.2, -0.15) is 8.42 Å². The van der Waals surface area contributed by atoms with Crippen molar-refractivity contribution in [1.82, 2.24) is 0 Å². The maximum atomic E-state index is 13.2. The van der Waals surface area contributed by atoms with Gasteiger partial charge in [0.15, 0.2) is 0 Å². The molecule has 0 aliphatic rings. The summed E-state index contributed by atoms with van der Waals surface area (Å²) in [7, 11) is -3.71. The Bertz CT molecular complexity index is 824. The summed E-state index contributed by atoms with van der Waals surface area (Å²) in [4.78, 5) is 23.6. The molecule has 0 spiro atoms. The summed E-state index contributed by atoms with van der Waals surface area (Å²) < 4.78 is 36.2. The summed E-state index contributed by atoms with van der Waals surface area (Å²) in [6, 6.07) is 15.4. The standard InChI is InChI=1S/C20H22O6S/c1-3-4-15-26-27(23,24)20(25-2,18(21)16-11-7-5-8-12-16)19(22)17-13-9-6-10-14-17/h5-14H,3-4,15H2,1-2H3. The van der Waals surface area contributed by atoms with E-state index in [1.54, 1.807) is 36.4 Å². The van der Waals surface area contributed by atoms with Crippen LogP contribution in [0.2, 0.25) is 0 Å². The van der Waals surface area contributed by atoms with E-state index in [9.17, 15) is 18.0 Å². The van der Waals surface area contributed by atoms with Gasteiger partial charge in [-0.25, -0.2) is 0 Å². The molecule has 6 nitrogen and oxygen atoms in total. The molecule has 0 fully saturated rings. The molecule has 0 aliphatic heterocycles. The molecule has 0 bridgehead atoms. The molecular formula is C20H22O6S. The maximum Gasteiger partial charge on any atom is 0.320 e. The highest BCUT2D eigenvalue weighted by Crippen LogP contribution is 2.30. The lowest BCUT2D eigenvalue weighted by molar-refractivity contribution is 0.0343. The van der Waals surface area contributed by atoms with Gasteiger partial charge in [-0.3, -0.25) is 13.8 Å². The van der Waals surface area contributed by atoms with E-state index < -0.39 is 26.6 Å². The second-order valence-electron chi connectivity index (χ2n) is 5.84. The molecule has 27 heavy (non-hydrogen) atoms. The third-order valence-corrected chi connectivity index (χ3v) is 5.76. The minimum atomic E-state index is -4.72. The van der Waals surface area contributed by atoms with Crippen LogP contribution in [-0.4, -0.2) is 38.6 Å². The van der Waals surface area contributed by atoms with E-state index in [0.29, 0.717) is 12.8 Å². The summed E-state index contributed by atoms with van der Waals surface area (Å²) in [5.41, 5.74) is 0.0672. The Morgan fingerprint density at radius 2 is 1.33 bits per heavy atom. The molecule has 0 aromatic heterocycles. The van der Waals surface area contributed by atoms with Crippen molar-refractivity contribution >= 4 is 21.7 Å². The van der Waals surface area contributed by atoms with E-state index >= 15 is 0 Å². The Balaban J connectivity index is 2.62. The molecule has 0 aliphatic carbocycles. The smallest absolute Gasteiger partial charge is 0.320 e. The number of methoxy groups -OCH3 is 1. The fourth-order valence-electron chi connectivity index (χ4n) is 2.57. The number of ether oxygens (including phenoxy) is 1. The summed E-state index contributed by atoms with van der Waals surface area (Å²) in [6.45, 7) is 1.72. The van der Waals surface area contributed by atoms with Gasteiger partial charge >= 0.3 is 15.1 Å². The van der Waals surface area contributed by atoms with E-state index in [4.69, 9.17) is 8.92 Å². The lowest BCUT2D eigenvalue weighted by Gasteiger charge is -2.28. The molecule has 0 saturated carbocycles. The minimum Gasteiger partial charge on any atom is -0.348 e. The Labute approximate surface area is 159 Å². The first kappa shape index (κ1) is 21.0. The third-order valence-electron chi connectivity index (χ3n) is 4.05. The SMILES string of the molecule is CCCCOS(=O)(=O)C(OC)(C(=O)c1ccccc1)C(=O)c1ccccc1. The zero-order valence-corrected chi connectivity index (χ0v) is 16.1. The monoisotopic (exact) mass is 390 g/mol. The number of carbonyl (C=O) groups is 2. The van der Waals surface area contributed by atoms with Gasteiger partial charge in [0.2, 0.25) is 11.6 Å². The van der Waals surface area contributed by atoms with Crippen molar-refractivity contribution in [2.24, 2.45) is 0 Å². The average Bonchev–Trinajstić information content (AvgIpc) is 2.70. The topological polar surface area (TPSA) is 86.7 Å². The number of benzene rings is 2. The van der Waals surface area contributed by atoms with Gasteiger partial charge in [0.1, 0.15) is 0 Å². The highest BCUT2D eigenvalue weighted by molar-refractivity contribution is 7.89. The number of rotatable bonds is 10. The number of Topliss-reactive ketones (excluding diaryl/α,β-unsaturated/α-hetero) is 2. The fourth-order valence-corrected chi connectivity index (χ4v) is 3.97. The molecule has 0 atom stereocenters. The summed E-state index contributed by atoms with van der Waals surface area (Å²) in [6.07, 6.45) is 1.15. The molecule has 0 N–H and O–H groups in total. The molecule has 0 unspecified atom stereocenters. The van der Waals surface area contributed by atoms with Crippen LogP contribution in [0.3, 0.4) is 0 Å². The second-order valence-corrected chi connectivity index (χ2v) is 7.56. The van der Waals surface area contributed by atoms with E-state index in [-0.39, 0.29) is 17.7 Å². The summed E-state index contributed by atoms with van der Waals surface area (Å²) in [5, 5.41) is 0. The van der Waals surface area contributed by atoms with Gasteiger partial charge in [-0.05, 0) is 6.42 Å². The van der Waals surface area contributed by atoms with Crippen LogP contribution < -0.4 is 0 Å². The summed E-state index contributed by atoms with van der Waals surface area (Å²) >= 11 is 0. The first-order valence-electron chi connectivity index (χ1n) is 8.54. The quantitative estimate of drug-likeness (QED) is 0.268. The predicted octanol–water partition coefficient (Wildman–Crippen LogP) is 3.24. The number of unbranched alkanes of at least 4 members (excludes halogenated alkanes) is 1. The van der Waals surface area contributed by atoms with Crippen LogP contribution in [0.25, 0.3) is 0 Å². The van der Waals surface area contributed by atoms with Crippen molar-refractivity contribution in [2.45, 2.75) is 24.7 Å². The molecular weight excluding hydrogens is 368 g/mol. The van der Waals surface area contributed by atoms with Crippen molar-refractivity contribution < 1.29 is 26.9 Å². The molecule has 7 heteroatoms. The Morgan fingerprint density at radius 3 is 1.70 bits per heavy atom. The van der Waals surface area contributed by atoms with E-state index in [0.717, 1.165) is 7.11 Å². The van der Waals surface area contributed by atoms with E-state index in [1.807, 2.05) is 6.92 Å². The van der Waals surface area contributed by atoms with Gasteiger partial charge in [-0.15, -0.1) is 0 Å². The van der Waals surface area contributed by atoms with Crippen molar-refractivity contribution in [2.75, 3.05) is 13.7 Å². The molecule has 0 heterocycles. The van der Waals surface area contributed by atoms with Crippen molar-refractivity contribution in [3.05, 3.63) is 71.8 Å². The van der Waals surface area contributed by atoms with Gasteiger partial charge in [0.05, 0.1) is 6.61 Å². The zero-order valence-electron chi connectivity index (χ0n) is 15.3. The molecule has 144 valence electrons.